The Morgan fingerprint density at radius 2 is 1.58 bits per heavy atom. The summed E-state index contributed by atoms with van der Waals surface area (Å²) >= 11 is 0. The van der Waals surface area contributed by atoms with Crippen molar-refractivity contribution < 1.29 is 4.74 Å². The van der Waals surface area contributed by atoms with Crippen LogP contribution < -0.4 is 5.32 Å². The standard InChI is InChI=1S/C10H23NO/c1-9(2,3)10(4,5)7-11-8-12-6/h11H,7-8H2,1-6H3. The van der Waals surface area contributed by atoms with Gasteiger partial charge in [0.05, 0.1) is 6.73 Å². The molecule has 0 aromatic carbocycles. The predicted molar refractivity (Wildman–Crippen MR) is 53.1 cm³/mol. The zero-order valence-corrected chi connectivity index (χ0v) is 9.32. The molecular formula is C10H23NO. The van der Waals surface area contributed by atoms with Gasteiger partial charge in [-0.05, 0) is 10.8 Å². The van der Waals surface area contributed by atoms with Crippen LogP contribution in [0.1, 0.15) is 34.6 Å². The summed E-state index contributed by atoms with van der Waals surface area (Å²) in [6, 6.07) is 0. The Labute approximate surface area is 76.7 Å². The van der Waals surface area contributed by atoms with E-state index in [0.717, 1.165) is 6.54 Å². The molecule has 0 heterocycles. The molecule has 0 saturated heterocycles. The van der Waals surface area contributed by atoms with E-state index >= 15 is 0 Å². The van der Waals surface area contributed by atoms with Gasteiger partial charge in [-0.2, -0.15) is 0 Å². The van der Waals surface area contributed by atoms with E-state index in [2.05, 4.69) is 39.9 Å². The molecule has 0 bridgehead atoms. The number of rotatable bonds is 4. The minimum atomic E-state index is 0.297. The summed E-state index contributed by atoms with van der Waals surface area (Å²) in [5.74, 6) is 0. The largest absolute Gasteiger partial charge is 0.370 e. The highest BCUT2D eigenvalue weighted by molar-refractivity contribution is 4.83. The van der Waals surface area contributed by atoms with E-state index in [-0.39, 0.29) is 0 Å². The Hall–Kier alpha value is -0.0800. The van der Waals surface area contributed by atoms with Gasteiger partial charge in [0.25, 0.3) is 0 Å². The Kier molecular flexibility index (Phi) is 4.21. The molecular weight excluding hydrogens is 150 g/mol. The minimum Gasteiger partial charge on any atom is -0.370 e. The first-order chi connectivity index (χ1) is 5.31. The van der Waals surface area contributed by atoms with E-state index < -0.39 is 0 Å². The van der Waals surface area contributed by atoms with Crippen molar-refractivity contribution in [2.45, 2.75) is 34.6 Å². The molecule has 74 valence electrons. The van der Waals surface area contributed by atoms with Gasteiger partial charge in [0.1, 0.15) is 0 Å². The Bertz CT molecular complexity index is 124. The van der Waals surface area contributed by atoms with Crippen molar-refractivity contribution >= 4 is 0 Å². The lowest BCUT2D eigenvalue weighted by Gasteiger charge is -2.39. The van der Waals surface area contributed by atoms with Crippen LogP contribution in [0.25, 0.3) is 0 Å². The molecule has 0 atom stereocenters. The average molecular weight is 173 g/mol. The van der Waals surface area contributed by atoms with E-state index in [1.807, 2.05) is 0 Å². The molecule has 0 rings (SSSR count). The van der Waals surface area contributed by atoms with Crippen LogP contribution in [0.5, 0.6) is 0 Å². The first kappa shape index (κ1) is 11.9. The molecule has 12 heavy (non-hydrogen) atoms. The van der Waals surface area contributed by atoms with E-state index in [4.69, 9.17) is 4.74 Å². The van der Waals surface area contributed by atoms with Crippen LogP contribution in [0.2, 0.25) is 0 Å². The van der Waals surface area contributed by atoms with Crippen molar-refractivity contribution in [2.24, 2.45) is 10.8 Å². The van der Waals surface area contributed by atoms with Crippen molar-refractivity contribution in [1.82, 2.24) is 5.32 Å². The van der Waals surface area contributed by atoms with Crippen LogP contribution in [0.15, 0.2) is 0 Å². The van der Waals surface area contributed by atoms with Gasteiger partial charge in [0, 0.05) is 13.7 Å². The fourth-order valence-corrected chi connectivity index (χ4v) is 0.731. The maximum Gasteiger partial charge on any atom is 0.0961 e. The van der Waals surface area contributed by atoms with Crippen LogP contribution in [0.3, 0.4) is 0 Å². The van der Waals surface area contributed by atoms with Crippen molar-refractivity contribution in [3.05, 3.63) is 0 Å². The lowest BCUT2D eigenvalue weighted by Crippen LogP contribution is -2.40. The number of hydrogen-bond donors (Lipinski definition) is 1. The van der Waals surface area contributed by atoms with Gasteiger partial charge >= 0.3 is 0 Å². The summed E-state index contributed by atoms with van der Waals surface area (Å²) in [5, 5.41) is 3.26. The number of ether oxygens (including phenoxy) is 1. The summed E-state index contributed by atoms with van der Waals surface area (Å²) in [6.07, 6.45) is 0. The average Bonchev–Trinajstić information content (AvgIpc) is 1.85. The molecule has 2 nitrogen and oxygen atoms in total. The van der Waals surface area contributed by atoms with Gasteiger partial charge < -0.3 is 4.74 Å². The van der Waals surface area contributed by atoms with Crippen molar-refractivity contribution in [2.75, 3.05) is 20.4 Å². The molecule has 0 aliphatic carbocycles. The predicted octanol–water partition coefficient (Wildman–Crippen LogP) is 2.25. The fourth-order valence-electron chi connectivity index (χ4n) is 0.731. The molecule has 0 radical (unpaired) electrons. The quantitative estimate of drug-likeness (QED) is 0.520. The maximum atomic E-state index is 4.94. The molecule has 0 amide bonds. The summed E-state index contributed by atoms with van der Waals surface area (Å²) in [5.41, 5.74) is 0.624. The smallest absolute Gasteiger partial charge is 0.0961 e. The summed E-state index contributed by atoms with van der Waals surface area (Å²) in [6.45, 7) is 13.0. The molecule has 0 aliphatic rings. The van der Waals surface area contributed by atoms with Gasteiger partial charge in [-0.1, -0.05) is 34.6 Å². The van der Waals surface area contributed by atoms with E-state index in [0.29, 0.717) is 17.6 Å². The second kappa shape index (κ2) is 4.24. The number of hydrogen-bond acceptors (Lipinski definition) is 2. The van der Waals surface area contributed by atoms with Gasteiger partial charge in [0.15, 0.2) is 0 Å². The zero-order chi connectivity index (χ0) is 9.83. The van der Waals surface area contributed by atoms with Gasteiger partial charge in [-0.15, -0.1) is 0 Å². The maximum absolute atomic E-state index is 4.94. The topological polar surface area (TPSA) is 21.3 Å². The molecule has 2 heteroatoms. The van der Waals surface area contributed by atoms with E-state index in [1.54, 1.807) is 7.11 Å². The highest BCUT2D eigenvalue weighted by Crippen LogP contribution is 2.36. The highest BCUT2D eigenvalue weighted by Gasteiger charge is 2.31. The number of methoxy groups -OCH3 is 1. The van der Waals surface area contributed by atoms with Crippen LogP contribution in [0.4, 0.5) is 0 Å². The SMILES string of the molecule is COCNCC(C)(C)C(C)(C)C. The van der Waals surface area contributed by atoms with Crippen molar-refractivity contribution in [3.8, 4) is 0 Å². The molecule has 0 unspecified atom stereocenters. The van der Waals surface area contributed by atoms with Crippen LogP contribution in [0, 0.1) is 10.8 Å². The molecule has 1 N–H and O–H groups in total. The van der Waals surface area contributed by atoms with Crippen LogP contribution >= 0.6 is 0 Å². The fraction of sp³-hybridized carbons (Fsp3) is 1.00. The van der Waals surface area contributed by atoms with E-state index in [1.165, 1.54) is 0 Å². The monoisotopic (exact) mass is 173 g/mol. The molecule has 0 aromatic rings. The highest BCUT2D eigenvalue weighted by atomic mass is 16.5. The molecule has 0 fully saturated rings. The first-order valence-corrected chi connectivity index (χ1v) is 4.51. The zero-order valence-electron chi connectivity index (χ0n) is 9.32. The lowest BCUT2D eigenvalue weighted by atomic mass is 9.69. The van der Waals surface area contributed by atoms with Gasteiger partial charge in [-0.3, -0.25) is 5.32 Å². The lowest BCUT2D eigenvalue weighted by molar-refractivity contribution is 0.101. The summed E-state index contributed by atoms with van der Waals surface area (Å²) in [7, 11) is 1.71. The van der Waals surface area contributed by atoms with E-state index in [9.17, 15) is 0 Å². The van der Waals surface area contributed by atoms with Crippen molar-refractivity contribution in [1.29, 1.82) is 0 Å². The minimum absolute atomic E-state index is 0.297. The molecule has 0 aliphatic heterocycles. The molecule has 0 spiro atoms. The van der Waals surface area contributed by atoms with Crippen molar-refractivity contribution in [3.63, 3.8) is 0 Å². The summed E-state index contributed by atoms with van der Waals surface area (Å²) in [4.78, 5) is 0. The Balaban J connectivity index is 3.88. The third-order valence-corrected chi connectivity index (χ3v) is 2.84. The van der Waals surface area contributed by atoms with Crippen LogP contribution in [-0.4, -0.2) is 20.4 Å². The third-order valence-electron chi connectivity index (χ3n) is 2.84. The second-order valence-corrected chi connectivity index (χ2v) is 4.99. The number of nitrogens with one attached hydrogen (secondary N) is 1. The summed E-state index contributed by atoms with van der Waals surface area (Å²) < 4.78 is 4.94. The molecule has 0 saturated carbocycles. The second-order valence-electron chi connectivity index (χ2n) is 4.99. The van der Waals surface area contributed by atoms with Crippen LogP contribution in [-0.2, 0) is 4.74 Å². The third kappa shape index (κ3) is 3.55. The van der Waals surface area contributed by atoms with Gasteiger partial charge in [0.2, 0.25) is 0 Å². The molecule has 0 aromatic heterocycles. The Morgan fingerprint density at radius 1 is 1.08 bits per heavy atom. The van der Waals surface area contributed by atoms with Gasteiger partial charge in [-0.25, -0.2) is 0 Å². The Morgan fingerprint density at radius 3 is 1.92 bits per heavy atom. The normalized spacial score (nSPS) is 13.5. The first-order valence-electron chi connectivity index (χ1n) is 4.51.